The molecule has 36 heavy (non-hydrogen) atoms. The first kappa shape index (κ1) is 26.9. The van der Waals surface area contributed by atoms with Gasteiger partial charge in [-0.05, 0) is 57.2 Å². The first-order valence-electron chi connectivity index (χ1n) is 11.3. The number of benzene rings is 1. The smallest absolute Gasteiger partial charge is 0.407 e. The van der Waals surface area contributed by atoms with Crippen LogP contribution in [0.15, 0.2) is 24.5 Å². The van der Waals surface area contributed by atoms with Gasteiger partial charge in [0.1, 0.15) is 12.8 Å². The van der Waals surface area contributed by atoms with E-state index in [-0.39, 0.29) is 36.0 Å². The number of ether oxygens (including phenoxy) is 1. The molecule has 12 heteroatoms. The van der Waals surface area contributed by atoms with Crippen molar-refractivity contribution < 1.29 is 37.8 Å². The number of aromatic nitrogens is 2. The second kappa shape index (κ2) is 11.4. The number of carbonyl (C=O) groups is 3. The Hall–Kier alpha value is -3.67. The number of hydrogen-bond acceptors (Lipinski definition) is 7. The number of carboxylic acid groups (broad SMARTS) is 1. The van der Waals surface area contributed by atoms with Gasteiger partial charge in [0.2, 0.25) is 5.82 Å². The van der Waals surface area contributed by atoms with E-state index in [1.165, 1.54) is 17.3 Å². The van der Waals surface area contributed by atoms with Crippen molar-refractivity contribution in [1.82, 2.24) is 19.9 Å². The normalized spacial score (nSPS) is 14.4. The molecule has 2 amide bonds. The number of amides is 2. The number of halogens is 2. The van der Waals surface area contributed by atoms with Crippen LogP contribution in [0.3, 0.4) is 0 Å². The molecule has 194 valence electrons. The fraction of sp³-hybridized carbons (Fsp3) is 0.458. The third-order valence-corrected chi connectivity index (χ3v) is 5.37. The van der Waals surface area contributed by atoms with Crippen LogP contribution in [0.25, 0.3) is 11.1 Å². The molecule has 1 fully saturated rings. The first-order valence-corrected chi connectivity index (χ1v) is 11.3. The predicted octanol–water partition coefficient (Wildman–Crippen LogP) is 3.56. The molecule has 0 spiro atoms. The topological polar surface area (TPSA) is 122 Å². The van der Waals surface area contributed by atoms with Crippen molar-refractivity contribution in [2.75, 3.05) is 26.2 Å². The zero-order valence-electron chi connectivity index (χ0n) is 20.2. The maximum Gasteiger partial charge on any atom is 0.407 e. The van der Waals surface area contributed by atoms with E-state index >= 15 is 0 Å². The Morgan fingerprint density at radius 3 is 2.22 bits per heavy atom. The van der Waals surface area contributed by atoms with Crippen LogP contribution >= 0.6 is 0 Å². The van der Waals surface area contributed by atoms with Crippen LogP contribution in [0, 0.1) is 17.6 Å². The summed E-state index contributed by atoms with van der Waals surface area (Å²) >= 11 is 0. The highest BCUT2D eigenvalue weighted by Crippen LogP contribution is 2.30. The minimum absolute atomic E-state index is 0.0152. The van der Waals surface area contributed by atoms with Gasteiger partial charge < -0.3 is 19.5 Å². The zero-order valence-corrected chi connectivity index (χ0v) is 20.2. The minimum atomic E-state index is -0.986. The Bertz CT molecular complexity index is 1080. The standard InChI is InChI=1S/C24H28F2N4O6/c1-24(2,3)36-30(8-9-31)22(32)21-27-12-17(13-28-21)16-10-18(25)20(19(26)11-16)35-14-15-4-6-29(7-5-15)23(33)34/h9-13,15H,4-8,14H2,1-3H3,(H,33,34). The van der Waals surface area contributed by atoms with E-state index in [9.17, 15) is 23.2 Å². The van der Waals surface area contributed by atoms with Crippen LogP contribution in [0.5, 0.6) is 5.75 Å². The number of rotatable bonds is 8. The lowest BCUT2D eigenvalue weighted by Crippen LogP contribution is -2.40. The van der Waals surface area contributed by atoms with Gasteiger partial charge in [-0.25, -0.2) is 28.6 Å². The Morgan fingerprint density at radius 2 is 1.72 bits per heavy atom. The van der Waals surface area contributed by atoms with Crippen molar-refractivity contribution in [2.24, 2.45) is 5.92 Å². The summed E-state index contributed by atoms with van der Waals surface area (Å²) in [6.45, 7) is 5.57. The summed E-state index contributed by atoms with van der Waals surface area (Å²) < 4.78 is 34.7. The molecular weight excluding hydrogens is 478 g/mol. The molecule has 10 nitrogen and oxygen atoms in total. The van der Waals surface area contributed by atoms with Gasteiger partial charge in [0, 0.05) is 31.0 Å². The van der Waals surface area contributed by atoms with Crippen LogP contribution < -0.4 is 4.74 Å². The highest BCUT2D eigenvalue weighted by Gasteiger charge is 2.26. The van der Waals surface area contributed by atoms with Gasteiger partial charge in [-0.2, -0.15) is 0 Å². The van der Waals surface area contributed by atoms with Gasteiger partial charge in [-0.15, -0.1) is 0 Å². The molecule has 1 aliphatic heterocycles. The highest BCUT2D eigenvalue weighted by molar-refractivity contribution is 5.91. The van der Waals surface area contributed by atoms with Gasteiger partial charge in [0.15, 0.2) is 17.4 Å². The minimum Gasteiger partial charge on any atom is -0.487 e. The maximum atomic E-state index is 14.7. The van der Waals surface area contributed by atoms with Crippen molar-refractivity contribution in [3.05, 3.63) is 42.0 Å². The van der Waals surface area contributed by atoms with Crippen LogP contribution in [0.1, 0.15) is 44.2 Å². The van der Waals surface area contributed by atoms with E-state index in [0.717, 1.165) is 17.2 Å². The first-order chi connectivity index (χ1) is 17.0. The summed E-state index contributed by atoms with van der Waals surface area (Å²) in [5, 5.41) is 9.85. The number of aldehydes is 1. The number of hydrogen-bond donors (Lipinski definition) is 1. The number of likely N-dealkylation sites (tertiary alicyclic amines) is 1. The molecule has 2 heterocycles. The van der Waals surface area contributed by atoms with Gasteiger partial charge in [0.05, 0.1) is 12.2 Å². The summed E-state index contributed by atoms with van der Waals surface area (Å²) in [5.74, 6) is -3.35. The van der Waals surface area contributed by atoms with E-state index in [2.05, 4.69) is 9.97 Å². The Labute approximate surface area is 206 Å². The molecule has 1 N–H and O–H groups in total. The molecule has 1 aliphatic rings. The third kappa shape index (κ3) is 6.94. The fourth-order valence-corrected chi connectivity index (χ4v) is 3.62. The van der Waals surface area contributed by atoms with Gasteiger partial charge in [0.25, 0.3) is 0 Å². The molecule has 0 unspecified atom stereocenters. The molecule has 1 aromatic carbocycles. The summed E-state index contributed by atoms with van der Waals surface area (Å²) in [4.78, 5) is 49.2. The van der Waals surface area contributed by atoms with Crippen LogP contribution in [0.2, 0.25) is 0 Å². The predicted molar refractivity (Wildman–Crippen MR) is 123 cm³/mol. The largest absolute Gasteiger partial charge is 0.487 e. The lowest BCUT2D eigenvalue weighted by Gasteiger charge is -2.29. The number of hydroxylamine groups is 2. The van der Waals surface area contributed by atoms with Gasteiger partial charge >= 0.3 is 12.0 Å². The van der Waals surface area contributed by atoms with Gasteiger partial charge in [-0.1, -0.05) is 0 Å². The average molecular weight is 507 g/mol. The van der Waals surface area contributed by atoms with Gasteiger partial charge in [-0.3, -0.25) is 9.63 Å². The van der Waals surface area contributed by atoms with Crippen LogP contribution in [-0.2, 0) is 9.63 Å². The van der Waals surface area contributed by atoms with E-state index in [4.69, 9.17) is 14.7 Å². The summed E-state index contributed by atoms with van der Waals surface area (Å²) in [7, 11) is 0. The monoisotopic (exact) mass is 506 g/mol. The molecule has 0 radical (unpaired) electrons. The maximum absolute atomic E-state index is 14.7. The number of carbonyl (C=O) groups excluding carboxylic acids is 2. The Balaban J connectivity index is 1.68. The van der Waals surface area contributed by atoms with E-state index in [0.29, 0.717) is 32.2 Å². The van der Waals surface area contributed by atoms with Crippen molar-refractivity contribution in [1.29, 1.82) is 0 Å². The molecule has 1 saturated heterocycles. The molecule has 1 aromatic heterocycles. The SMILES string of the molecule is CC(C)(C)ON(CC=O)C(=O)c1ncc(-c2cc(F)c(OCC3CCN(C(=O)O)CC3)c(F)c2)cn1. The summed E-state index contributed by atoms with van der Waals surface area (Å²) in [6.07, 6.45) is 3.08. The molecule has 0 saturated carbocycles. The fourth-order valence-electron chi connectivity index (χ4n) is 3.62. The van der Waals surface area contributed by atoms with E-state index < -0.39 is 35.0 Å². The lowest BCUT2D eigenvalue weighted by atomic mass is 9.98. The van der Waals surface area contributed by atoms with Crippen molar-refractivity contribution in [3.8, 4) is 16.9 Å². The average Bonchev–Trinajstić information content (AvgIpc) is 2.82. The van der Waals surface area contributed by atoms with E-state index in [1.54, 1.807) is 20.8 Å². The summed E-state index contributed by atoms with van der Waals surface area (Å²) in [6, 6.07) is 2.15. The highest BCUT2D eigenvalue weighted by atomic mass is 19.1. The molecule has 0 bridgehead atoms. The molecule has 3 rings (SSSR count). The lowest BCUT2D eigenvalue weighted by molar-refractivity contribution is -0.194. The Morgan fingerprint density at radius 1 is 1.14 bits per heavy atom. The second-order valence-electron chi connectivity index (χ2n) is 9.32. The van der Waals surface area contributed by atoms with Crippen molar-refractivity contribution in [2.45, 2.75) is 39.2 Å². The van der Waals surface area contributed by atoms with Crippen molar-refractivity contribution >= 4 is 18.3 Å². The Kier molecular flexibility index (Phi) is 8.51. The quantitative estimate of drug-likeness (QED) is 0.426. The summed E-state index contributed by atoms with van der Waals surface area (Å²) in [5.41, 5.74) is -0.342. The molecule has 0 aliphatic carbocycles. The molecule has 2 aromatic rings. The third-order valence-electron chi connectivity index (χ3n) is 5.37. The van der Waals surface area contributed by atoms with Crippen molar-refractivity contribution in [3.63, 3.8) is 0 Å². The molecule has 0 atom stereocenters. The number of nitrogens with zero attached hydrogens (tertiary/aromatic N) is 4. The van der Waals surface area contributed by atoms with Crippen LogP contribution in [0.4, 0.5) is 13.6 Å². The number of piperidine rings is 1. The van der Waals surface area contributed by atoms with Crippen LogP contribution in [-0.4, -0.2) is 75.2 Å². The van der Waals surface area contributed by atoms with E-state index in [1.807, 2.05) is 0 Å². The molecular formula is C24H28F2N4O6. The zero-order chi connectivity index (χ0) is 26.5. The second-order valence-corrected chi connectivity index (χ2v) is 9.32.